The molecular weight excluding hydrogens is 172 g/mol. The van der Waals surface area contributed by atoms with Crippen LogP contribution in [-0.2, 0) is 10.8 Å². The second kappa shape index (κ2) is 2.78. The fraction of sp³-hybridized carbons (Fsp3) is 0.667. The van der Waals surface area contributed by atoms with Crippen LogP contribution in [0.5, 0.6) is 0 Å². The van der Waals surface area contributed by atoms with Gasteiger partial charge in [0.1, 0.15) is 0 Å². The summed E-state index contributed by atoms with van der Waals surface area (Å²) in [5, 5.41) is 0. The molecule has 0 N–H and O–H groups in total. The van der Waals surface area contributed by atoms with E-state index in [1.165, 1.54) is 24.2 Å². The number of nitrogens with zero attached hydrogens (tertiary/aromatic N) is 2. The summed E-state index contributed by atoms with van der Waals surface area (Å²) in [6.07, 6.45) is 6.02. The Morgan fingerprint density at radius 3 is 1.57 bits per heavy atom. The number of hydrogen-bond donors (Lipinski definition) is 0. The minimum Gasteiger partial charge on any atom is -0.257 e. The van der Waals surface area contributed by atoms with E-state index >= 15 is 0 Å². The second-order valence-corrected chi connectivity index (χ2v) is 5.52. The first-order valence-corrected chi connectivity index (χ1v) is 5.25. The smallest absolute Gasteiger partial charge is 0.0680 e. The molecule has 0 fully saturated rings. The van der Waals surface area contributed by atoms with E-state index in [4.69, 9.17) is 0 Å². The lowest BCUT2D eigenvalue weighted by molar-refractivity contribution is 0.314. The van der Waals surface area contributed by atoms with Crippen LogP contribution in [0, 0.1) is 0 Å². The topological polar surface area (TPSA) is 25.8 Å². The molecule has 1 aromatic heterocycles. The van der Waals surface area contributed by atoms with Crippen molar-refractivity contribution in [3.8, 4) is 0 Å². The van der Waals surface area contributed by atoms with Crippen molar-refractivity contribution in [2.75, 3.05) is 0 Å². The Bertz CT molecular complexity index is 318. The van der Waals surface area contributed by atoms with Crippen LogP contribution in [0.25, 0.3) is 0 Å². The van der Waals surface area contributed by atoms with Crippen LogP contribution in [0.2, 0.25) is 0 Å². The van der Waals surface area contributed by atoms with Crippen molar-refractivity contribution in [1.29, 1.82) is 0 Å². The molecule has 0 radical (unpaired) electrons. The monoisotopic (exact) mass is 190 g/mol. The Balaban J connectivity index is 2.61. The first-order chi connectivity index (χ1) is 6.43. The van der Waals surface area contributed by atoms with Crippen molar-refractivity contribution in [2.24, 2.45) is 0 Å². The first kappa shape index (κ1) is 9.63. The van der Waals surface area contributed by atoms with Gasteiger partial charge in [0.05, 0.1) is 11.4 Å². The SMILES string of the molecule is CC1(C)CCC(C)(C)c2nccnc21. The highest BCUT2D eigenvalue weighted by Crippen LogP contribution is 2.43. The molecule has 2 nitrogen and oxygen atoms in total. The van der Waals surface area contributed by atoms with E-state index in [0.29, 0.717) is 0 Å². The lowest BCUT2D eigenvalue weighted by Crippen LogP contribution is -2.35. The molecule has 0 amide bonds. The van der Waals surface area contributed by atoms with Crippen molar-refractivity contribution in [1.82, 2.24) is 9.97 Å². The molecule has 0 saturated carbocycles. The molecule has 2 rings (SSSR count). The maximum Gasteiger partial charge on any atom is 0.0680 e. The first-order valence-electron chi connectivity index (χ1n) is 5.25. The highest BCUT2D eigenvalue weighted by atomic mass is 14.8. The molecule has 1 aliphatic rings. The number of rotatable bonds is 0. The normalized spacial score (nSPS) is 22.9. The minimum absolute atomic E-state index is 0.194. The standard InChI is InChI=1S/C12H18N2/c1-11(2)5-6-12(3,4)10-9(11)13-7-8-14-10/h7-8H,5-6H2,1-4H3. The van der Waals surface area contributed by atoms with Gasteiger partial charge in [-0.3, -0.25) is 9.97 Å². The Hall–Kier alpha value is -0.920. The molecule has 0 unspecified atom stereocenters. The predicted octanol–water partition coefficient (Wildman–Crippen LogP) is 2.83. The van der Waals surface area contributed by atoms with Gasteiger partial charge in [0.2, 0.25) is 0 Å². The quantitative estimate of drug-likeness (QED) is 0.628. The van der Waals surface area contributed by atoms with E-state index in [1.807, 2.05) is 12.4 Å². The number of hydrogen-bond acceptors (Lipinski definition) is 2. The highest BCUT2D eigenvalue weighted by molar-refractivity contribution is 5.30. The van der Waals surface area contributed by atoms with E-state index in [0.717, 1.165) is 0 Å². The second-order valence-electron chi connectivity index (χ2n) is 5.52. The van der Waals surface area contributed by atoms with Crippen molar-refractivity contribution < 1.29 is 0 Å². The van der Waals surface area contributed by atoms with Crippen LogP contribution >= 0.6 is 0 Å². The van der Waals surface area contributed by atoms with Crippen molar-refractivity contribution in [2.45, 2.75) is 51.4 Å². The molecule has 76 valence electrons. The zero-order valence-corrected chi connectivity index (χ0v) is 9.46. The lowest BCUT2D eigenvalue weighted by Gasteiger charge is -2.39. The number of fused-ring (bicyclic) bond motifs is 1. The maximum absolute atomic E-state index is 4.51. The molecule has 1 aliphatic carbocycles. The highest BCUT2D eigenvalue weighted by Gasteiger charge is 2.38. The van der Waals surface area contributed by atoms with Gasteiger partial charge in [-0.05, 0) is 12.8 Å². The molecule has 0 atom stereocenters. The van der Waals surface area contributed by atoms with Gasteiger partial charge in [-0.2, -0.15) is 0 Å². The third-order valence-corrected chi connectivity index (χ3v) is 3.36. The Kier molecular flexibility index (Phi) is 1.91. The van der Waals surface area contributed by atoms with E-state index < -0.39 is 0 Å². The Morgan fingerprint density at radius 1 is 0.857 bits per heavy atom. The van der Waals surface area contributed by atoms with Gasteiger partial charge in [0.15, 0.2) is 0 Å². The fourth-order valence-corrected chi connectivity index (χ4v) is 2.19. The van der Waals surface area contributed by atoms with Crippen molar-refractivity contribution in [3.05, 3.63) is 23.8 Å². The summed E-state index contributed by atoms with van der Waals surface area (Å²) in [6.45, 7) is 9.04. The van der Waals surface area contributed by atoms with Crippen molar-refractivity contribution >= 4 is 0 Å². The third-order valence-electron chi connectivity index (χ3n) is 3.36. The van der Waals surface area contributed by atoms with Crippen LogP contribution < -0.4 is 0 Å². The summed E-state index contributed by atoms with van der Waals surface area (Å²) >= 11 is 0. The largest absolute Gasteiger partial charge is 0.257 e. The molecule has 1 aromatic rings. The molecule has 1 heterocycles. The van der Waals surface area contributed by atoms with Gasteiger partial charge in [-0.1, -0.05) is 27.7 Å². The van der Waals surface area contributed by atoms with Gasteiger partial charge in [0.25, 0.3) is 0 Å². The molecule has 0 saturated heterocycles. The van der Waals surface area contributed by atoms with E-state index in [-0.39, 0.29) is 10.8 Å². The summed E-state index contributed by atoms with van der Waals surface area (Å²) in [4.78, 5) is 9.01. The van der Waals surface area contributed by atoms with Gasteiger partial charge in [-0.15, -0.1) is 0 Å². The van der Waals surface area contributed by atoms with Gasteiger partial charge >= 0.3 is 0 Å². The molecule has 0 aliphatic heterocycles. The van der Waals surface area contributed by atoms with Gasteiger partial charge in [0, 0.05) is 23.2 Å². The zero-order chi connectivity index (χ0) is 10.4. The van der Waals surface area contributed by atoms with Crippen LogP contribution in [0.4, 0.5) is 0 Å². The molecule has 0 bridgehead atoms. The Morgan fingerprint density at radius 2 is 1.21 bits per heavy atom. The van der Waals surface area contributed by atoms with Crippen molar-refractivity contribution in [3.63, 3.8) is 0 Å². The average Bonchev–Trinajstić information content (AvgIpc) is 2.14. The summed E-state index contributed by atoms with van der Waals surface area (Å²) in [5.74, 6) is 0. The van der Waals surface area contributed by atoms with Gasteiger partial charge < -0.3 is 0 Å². The van der Waals surface area contributed by atoms with Crippen LogP contribution in [0.15, 0.2) is 12.4 Å². The fourth-order valence-electron chi connectivity index (χ4n) is 2.19. The zero-order valence-electron chi connectivity index (χ0n) is 9.46. The summed E-state index contributed by atoms with van der Waals surface area (Å²) < 4.78 is 0. The van der Waals surface area contributed by atoms with Gasteiger partial charge in [-0.25, -0.2) is 0 Å². The van der Waals surface area contributed by atoms with Crippen LogP contribution in [0.1, 0.15) is 51.9 Å². The van der Waals surface area contributed by atoms with E-state index in [1.54, 1.807) is 0 Å². The minimum atomic E-state index is 0.194. The lowest BCUT2D eigenvalue weighted by atomic mass is 9.67. The molecular formula is C12H18N2. The summed E-state index contributed by atoms with van der Waals surface area (Å²) in [5.41, 5.74) is 2.77. The molecule has 14 heavy (non-hydrogen) atoms. The molecule has 0 aromatic carbocycles. The number of aromatic nitrogens is 2. The maximum atomic E-state index is 4.51. The van der Waals surface area contributed by atoms with Crippen LogP contribution in [-0.4, -0.2) is 9.97 Å². The average molecular weight is 190 g/mol. The molecule has 2 heteroatoms. The summed E-state index contributed by atoms with van der Waals surface area (Å²) in [7, 11) is 0. The molecule has 0 spiro atoms. The van der Waals surface area contributed by atoms with Crippen LogP contribution in [0.3, 0.4) is 0 Å². The Labute approximate surface area is 85.8 Å². The van der Waals surface area contributed by atoms with E-state index in [9.17, 15) is 0 Å². The summed E-state index contributed by atoms with van der Waals surface area (Å²) in [6, 6.07) is 0. The van der Waals surface area contributed by atoms with E-state index in [2.05, 4.69) is 37.7 Å². The third kappa shape index (κ3) is 1.33. The predicted molar refractivity (Wildman–Crippen MR) is 57.3 cm³/mol.